The molecule has 1 aromatic rings. The summed E-state index contributed by atoms with van der Waals surface area (Å²) >= 11 is 0. The van der Waals surface area contributed by atoms with Crippen molar-refractivity contribution in [3.8, 4) is 0 Å². The number of aromatic nitrogens is 1. The van der Waals surface area contributed by atoms with E-state index >= 15 is 0 Å². The lowest BCUT2D eigenvalue weighted by atomic mass is 10.1. The van der Waals surface area contributed by atoms with Crippen LogP contribution in [0.15, 0.2) is 24.5 Å². The van der Waals surface area contributed by atoms with Gasteiger partial charge in [0.2, 0.25) is 5.91 Å². The Morgan fingerprint density at radius 2 is 2.08 bits per heavy atom. The first-order valence-corrected chi connectivity index (χ1v) is 9.36. The Hall–Kier alpha value is -1.50. The van der Waals surface area contributed by atoms with Gasteiger partial charge in [0.05, 0.1) is 6.54 Å². The van der Waals surface area contributed by atoms with Crippen molar-refractivity contribution in [3.05, 3.63) is 30.1 Å². The van der Waals surface area contributed by atoms with Gasteiger partial charge in [0, 0.05) is 57.8 Å². The molecule has 0 spiro atoms. The second kappa shape index (κ2) is 8.74. The molecule has 3 rings (SSSR count). The molecule has 25 heavy (non-hydrogen) atoms. The minimum Gasteiger partial charge on any atom is -0.396 e. The van der Waals surface area contributed by atoms with E-state index in [9.17, 15) is 9.90 Å². The summed E-state index contributed by atoms with van der Waals surface area (Å²) in [4.78, 5) is 23.2. The second-order valence-corrected chi connectivity index (χ2v) is 7.47. The number of carbonyl (C=O) groups excluding carboxylic acids is 1. The van der Waals surface area contributed by atoms with Gasteiger partial charge in [-0.15, -0.1) is 0 Å². The van der Waals surface area contributed by atoms with E-state index in [1.807, 2.05) is 24.1 Å². The van der Waals surface area contributed by atoms with Gasteiger partial charge in [-0.3, -0.25) is 19.6 Å². The molecule has 0 bridgehead atoms. The van der Waals surface area contributed by atoms with Crippen molar-refractivity contribution in [3.63, 3.8) is 0 Å². The molecule has 1 aliphatic heterocycles. The van der Waals surface area contributed by atoms with Crippen molar-refractivity contribution in [2.45, 2.75) is 31.8 Å². The predicted molar refractivity (Wildman–Crippen MR) is 96.9 cm³/mol. The normalized spacial score (nSPS) is 21.7. The Kier molecular flexibility index (Phi) is 6.39. The van der Waals surface area contributed by atoms with Crippen LogP contribution in [0.4, 0.5) is 0 Å². The molecule has 1 aliphatic carbocycles. The summed E-state index contributed by atoms with van der Waals surface area (Å²) in [5.41, 5.74) is 1.16. The largest absolute Gasteiger partial charge is 0.396 e. The monoisotopic (exact) mass is 346 g/mol. The first-order chi connectivity index (χ1) is 12.2. The fraction of sp³-hybridized carbons (Fsp3) is 0.684. The molecule has 138 valence electrons. The summed E-state index contributed by atoms with van der Waals surface area (Å²) < 4.78 is 0. The van der Waals surface area contributed by atoms with Crippen LogP contribution in [0.3, 0.4) is 0 Å². The molecule has 1 atom stereocenters. The standard InChI is InChI=1S/C19H30N4O2/c1-21(12-17-4-7-20-8-5-17)15-19(25)23-10-9-22(13-16-2-3-16)18(14-23)6-11-24/h4-5,7-8,16,18,24H,2-3,6,9-15H2,1H3. The van der Waals surface area contributed by atoms with Gasteiger partial charge in [0.25, 0.3) is 0 Å². The number of likely N-dealkylation sites (N-methyl/N-ethyl adjacent to an activating group) is 1. The first kappa shape index (κ1) is 18.3. The molecule has 1 unspecified atom stereocenters. The first-order valence-electron chi connectivity index (χ1n) is 9.36. The number of aliphatic hydroxyl groups is 1. The highest BCUT2D eigenvalue weighted by Crippen LogP contribution is 2.31. The van der Waals surface area contributed by atoms with Gasteiger partial charge in [-0.05, 0) is 49.9 Å². The number of rotatable bonds is 8. The highest BCUT2D eigenvalue weighted by atomic mass is 16.3. The van der Waals surface area contributed by atoms with Crippen LogP contribution in [0.5, 0.6) is 0 Å². The Morgan fingerprint density at radius 3 is 2.76 bits per heavy atom. The van der Waals surface area contributed by atoms with Crippen LogP contribution >= 0.6 is 0 Å². The predicted octanol–water partition coefficient (Wildman–Crippen LogP) is 0.819. The zero-order chi connectivity index (χ0) is 17.6. The number of pyridine rings is 1. The number of hydrogen-bond acceptors (Lipinski definition) is 5. The number of aliphatic hydroxyl groups excluding tert-OH is 1. The van der Waals surface area contributed by atoms with Crippen LogP contribution < -0.4 is 0 Å². The molecule has 1 saturated heterocycles. The van der Waals surface area contributed by atoms with Crippen molar-refractivity contribution >= 4 is 5.91 Å². The average molecular weight is 346 g/mol. The van der Waals surface area contributed by atoms with E-state index in [1.54, 1.807) is 12.4 Å². The molecule has 1 aromatic heterocycles. The molecule has 2 aliphatic rings. The van der Waals surface area contributed by atoms with Crippen molar-refractivity contribution in [2.75, 3.05) is 46.4 Å². The molecule has 2 heterocycles. The number of amides is 1. The van der Waals surface area contributed by atoms with Crippen LogP contribution in [0, 0.1) is 5.92 Å². The van der Waals surface area contributed by atoms with E-state index in [2.05, 4.69) is 14.8 Å². The topological polar surface area (TPSA) is 59.9 Å². The minimum atomic E-state index is 0.186. The van der Waals surface area contributed by atoms with E-state index in [0.717, 1.165) is 50.6 Å². The molecule has 2 fully saturated rings. The van der Waals surface area contributed by atoms with Gasteiger partial charge in [-0.1, -0.05) is 0 Å². The molecule has 1 N–H and O–H groups in total. The second-order valence-electron chi connectivity index (χ2n) is 7.47. The van der Waals surface area contributed by atoms with Crippen molar-refractivity contribution in [2.24, 2.45) is 5.92 Å². The van der Waals surface area contributed by atoms with Crippen LogP contribution in [-0.4, -0.2) is 83.1 Å². The van der Waals surface area contributed by atoms with E-state index in [4.69, 9.17) is 0 Å². The SMILES string of the molecule is CN(CC(=O)N1CCN(CC2CC2)C(CCO)C1)Cc1ccncc1. The number of piperazine rings is 1. The third-order valence-corrected chi connectivity index (χ3v) is 5.22. The van der Waals surface area contributed by atoms with Crippen molar-refractivity contribution in [1.82, 2.24) is 19.7 Å². The molecular formula is C19H30N4O2. The minimum absolute atomic E-state index is 0.186. The lowest BCUT2D eigenvalue weighted by molar-refractivity contribution is -0.135. The quantitative estimate of drug-likeness (QED) is 0.755. The summed E-state index contributed by atoms with van der Waals surface area (Å²) in [5, 5.41) is 9.38. The van der Waals surface area contributed by atoms with Crippen LogP contribution in [0.1, 0.15) is 24.8 Å². The van der Waals surface area contributed by atoms with E-state index in [-0.39, 0.29) is 12.5 Å². The number of carbonyl (C=O) groups is 1. The van der Waals surface area contributed by atoms with Gasteiger partial charge in [-0.2, -0.15) is 0 Å². The van der Waals surface area contributed by atoms with Crippen molar-refractivity contribution < 1.29 is 9.90 Å². The number of hydrogen-bond donors (Lipinski definition) is 1. The Labute approximate surface area is 150 Å². The maximum absolute atomic E-state index is 12.7. The summed E-state index contributed by atoms with van der Waals surface area (Å²) in [6, 6.07) is 4.26. The maximum atomic E-state index is 12.7. The summed E-state index contributed by atoms with van der Waals surface area (Å²) in [6.07, 6.45) is 6.99. The molecular weight excluding hydrogens is 316 g/mol. The van der Waals surface area contributed by atoms with Crippen LogP contribution in [0.2, 0.25) is 0 Å². The zero-order valence-corrected chi connectivity index (χ0v) is 15.2. The van der Waals surface area contributed by atoms with E-state index in [0.29, 0.717) is 12.6 Å². The summed E-state index contributed by atoms with van der Waals surface area (Å²) in [7, 11) is 1.98. The van der Waals surface area contributed by atoms with Gasteiger partial charge in [-0.25, -0.2) is 0 Å². The molecule has 0 radical (unpaired) electrons. The van der Waals surface area contributed by atoms with E-state index < -0.39 is 0 Å². The van der Waals surface area contributed by atoms with Crippen molar-refractivity contribution in [1.29, 1.82) is 0 Å². The Bertz CT molecular complexity index is 550. The smallest absolute Gasteiger partial charge is 0.236 e. The fourth-order valence-corrected chi connectivity index (χ4v) is 3.60. The van der Waals surface area contributed by atoms with Crippen LogP contribution in [0.25, 0.3) is 0 Å². The molecule has 1 amide bonds. The lowest BCUT2D eigenvalue weighted by Crippen LogP contribution is -2.56. The van der Waals surface area contributed by atoms with Gasteiger partial charge in [0.15, 0.2) is 0 Å². The number of nitrogens with zero attached hydrogens (tertiary/aromatic N) is 4. The summed E-state index contributed by atoms with van der Waals surface area (Å²) in [6.45, 7) is 4.98. The van der Waals surface area contributed by atoms with Crippen LogP contribution in [-0.2, 0) is 11.3 Å². The van der Waals surface area contributed by atoms with E-state index in [1.165, 1.54) is 12.8 Å². The molecule has 6 heteroatoms. The Morgan fingerprint density at radius 1 is 1.32 bits per heavy atom. The third kappa shape index (κ3) is 5.49. The highest BCUT2D eigenvalue weighted by Gasteiger charge is 2.33. The summed E-state index contributed by atoms with van der Waals surface area (Å²) in [5.74, 6) is 1.03. The highest BCUT2D eigenvalue weighted by molar-refractivity contribution is 5.78. The molecule has 0 aromatic carbocycles. The zero-order valence-electron chi connectivity index (χ0n) is 15.2. The maximum Gasteiger partial charge on any atom is 0.236 e. The van der Waals surface area contributed by atoms with Gasteiger partial charge in [0.1, 0.15) is 0 Å². The van der Waals surface area contributed by atoms with Gasteiger partial charge < -0.3 is 10.0 Å². The average Bonchev–Trinajstić information content (AvgIpc) is 3.41. The lowest BCUT2D eigenvalue weighted by Gasteiger charge is -2.42. The third-order valence-electron chi connectivity index (χ3n) is 5.22. The molecule has 1 saturated carbocycles. The molecule has 6 nitrogen and oxygen atoms in total. The van der Waals surface area contributed by atoms with Gasteiger partial charge >= 0.3 is 0 Å². The Balaban J connectivity index is 1.49. The fourth-order valence-electron chi connectivity index (χ4n) is 3.60.